The van der Waals surface area contributed by atoms with Crippen molar-refractivity contribution >= 4 is 23.2 Å². The number of rotatable bonds is 7. The highest BCUT2D eigenvalue weighted by atomic mass is 35.5. The van der Waals surface area contributed by atoms with E-state index in [1.807, 2.05) is 13.0 Å². The maximum Gasteiger partial charge on any atom is 0.0672 e. The zero-order valence-corrected chi connectivity index (χ0v) is 13.4. The van der Waals surface area contributed by atoms with Crippen molar-refractivity contribution in [2.75, 3.05) is 13.1 Å². The van der Waals surface area contributed by atoms with Gasteiger partial charge in [-0.25, -0.2) is 0 Å². The molecule has 0 aliphatic heterocycles. The Labute approximate surface area is 126 Å². The third-order valence-electron chi connectivity index (χ3n) is 2.97. The molecule has 4 heteroatoms. The summed E-state index contributed by atoms with van der Waals surface area (Å²) in [6, 6.07) is 5.35. The fourth-order valence-electron chi connectivity index (χ4n) is 1.93. The summed E-state index contributed by atoms with van der Waals surface area (Å²) >= 11 is 12.1. The fraction of sp³-hybridized carbons (Fsp3) is 0.600. The minimum Gasteiger partial charge on any atom is -0.390 e. The highest BCUT2D eigenvalue weighted by molar-refractivity contribution is 6.33. The lowest BCUT2D eigenvalue weighted by Crippen LogP contribution is -2.33. The summed E-state index contributed by atoms with van der Waals surface area (Å²) in [6.07, 6.45) is 1.19. The molecule has 108 valence electrons. The van der Waals surface area contributed by atoms with E-state index in [1.54, 1.807) is 12.1 Å². The first kappa shape index (κ1) is 16.8. The lowest BCUT2D eigenvalue weighted by atomic mass is 9.93. The molecule has 0 saturated carbocycles. The van der Waals surface area contributed by atoms with Crippen LogP contribution in [0.4, 0.5) is 0 Å². The smallest absolute Gasteiger partial charge is 0.0672 e. The lowest BCUT2D eigenvalue weighted by molar-refractivity contribution is 0.0514. The standard InChI is InChI=1S/C15H23Cl2NO/c1-11(2)10-18-7-6-15(3,19)9-12-8-13(16)4-5-14(12)17/h4-5,8,11,18-19H,6-7,9-10H2,1-3H3. The second kappa shape index (κ2) is 7.49. The summed E-state index contributed by atoms with van der Waals surface area (Å²) in [6.45, 7) is 7.92. The van der Waals surface area contributed by atoms with E-state index < -0.39 is 5.60 Å². The topological polar surface area (TPSA) is 32.3 Å². The Morgan fingerprint density at radius 2 is 2.00 bits per heavy atom. The van der Waals surface area contributed by atoms with Crippen LogP contribution in [0.5, 0.6) is 0 Å². The molecule has 0 aromatic heterocycles. The quantitative estimate of drug-likeness (QED) is 0.748. The Balaban J connectivity index is 2.51. The van der Waals surface area contributed by atoms with Crippen molar-refractivity contribution in [3.63, 3.8) is 0 Å². The first-order valence-electron chi connectivity index (χ1n) is 6.67. The van der Waals surface area contributed by atoms with Gasteiger partial charge in [0.1, 0.15) is 0 Å². The second-order valence-electron chi connectivity index (χ2n) is 5.76. The first-order chi connectivity index (χ1) is 8.80. The molecule has 1 aromatic rings. The van der Waals surface area contributed by atoms with Crippen molar-refractivity contribution in [1.29, 1.82) is 0 Å². The number of hydrogen-bond donors (Lipinski definition) is 2. The van der Waals surface area contributed by atoms with E-state index >= 15 is 0 Å². The molecule has 0 aliphatic carbocycles. The number of benzene rings is 1. The van der Waals surface area contributed by atoms with Gasteiger partial charge in [-0.15, -0.1) is 0 Å². The van der Waals surface area contributed by atoms with Gasteiger partial charge in [-0.1, -0.05) is 37.0 Å². The van der Waals surface area contributed by atoms with Gasteiger partial charge in [0.15, 0.2) is 0 Å². The van der Waals surface area contributed by atoms with Crippen molar-refractivity contribution in [1.82, 2.24) is 5.32 Å². The minimum absolute atomic E-state index is 0.510. The Kier molecular flexibility index (Phi) is 6.61. The van der Waals surface area contributed by atoms with Crippen molar-refractivity contribution < 1.29 is 5.11 Å². The van der Waals surface area contributed by atoms with Gasteiger partial charge in [0.05, 0.1) is 5.60 Å². The van der Waals surface area contributed by atoms with E-state index in [0.29, 0.717) is 28.8 Å². The monoisotopic (exact) mass is 303 g/mol. The number of nitrogens with one attached hydrogen (secondary N) is 1. The first-order valence-corrected chi connectivity index (χ1v) is 7.43. The van der Waals surface area contributed by atoms with Crippen LogP contribution in [0.2, 0.25) is 10.0 Å². The number of aliphatic hydroxyl groups is 1. The Bertz CT molecular complexity index is 405. The summed E-state index contributed by atoms with van der Waals surface area (Å²) in [4.78, 5) is 0. The van der Waals surface area contributed by atoms with Crippen LogP contribution in [0.15, 0.2) is 18.2 Å². The molecule has 0 spiro atoms. The summed E-state index contributed by atoms with van der Waals surface area (Å²) in [5.41, 5.74) is 0.112. The van der Waals surface area contributed by atoms with Crippen LogP contribution in [0.1, 0.15) is 32.8 Å². The van der Waals surface area contributed by atoms with Crippen LogP contribution >= 0.6 is 23.2 Å². The summed E-state index contributed by atoms with van der Waals surface area (Å²) < 4.78 is 0. The lowest BCUT2D eigenvalue weighted by Gasteiger charge is -2.24. The molecular weight excluding hydrogens is 281 g/mol. The third-order valence-corrected chi connectivity index (χ3v) is 3.58. The highest BCUT2D eigenvalue weighted by Gasteiger charge is 2.21. The molecule has 0 heterocycles. The summed E-state index contributed by atoms with van der Waals surface area (Å²) in [7, 11) is 0. The van der Waals surface area contributed by atoms with Crippen LogP contribution in [-0.2, 0) is 6.42 Å². The maximum atomic E-state index is 10.4. The van der Waals surface area contributed by atoms with Crippen LogP contribution in [0, 0.1) is 5.92 Å². The molecule has 0 fully saturated rings. The number of halogens is 2. The Hall–Kier alpha value is -0.280. The molecule has 0 saturated heterocycles. The van der Waals surface area contributed by atoms with Crippen molar-refractivity contribution in [2.24, 2.45) is 5.92 Å². The molecular formula is C15H23Cl2NO. The molecule has 19 heavy (non-hydrogen) atoms. The SMILES string of the molecule is CC(C)CNCCC(C)(O)Cc1cc(Cl)ccc1Cl. The second-order valence-corrected chi connectivity index (χ2v) is 6.60. The predicted octanol–water partition coefficient (Wildman–Crippen LogP) is 3.92. The molecule has 0 radical (unpaired) electrons. The third kappa shape index (κ3) is 6.62. The van der Waals surface area contributed by atoms with Gasteiger partial charge in [0.2, 0.25) is 0 Å². The van der Waals surface area contributed by atoms with Gasteiger partial charge >= 0.3 is 0 Å². The number of hydrogen-bond acceptors (Lipinski definition) is 2. The molecule has 0 aliphatic rings. The average Bonchev–Trinajstić information content (AvgIpc) is 2.29. The van der Waals surface area contributed by atoms with Crippen molar-refractivity contribution in [3.8, 4) is 0 Å². The molecule has 0 amide bonds. The van der Waals surface area contributed by atoms with Gasteiger partial charge in [-0.2, -0.15) is 0 Å². The predicted molar refractivity (Wildman–Crippen MR) is 83.1 cm³/mol. The van der Waals surface area contributed by atoms with E-state index in [-0.39, 0.29) is 0 Å². The molecule has 2 N–H and O–H groups in total. The molecule has 1 rings (SSSR count). The van der Waals surface area contributed by atoms with Gasteiger partial charge in [0.25, 0.3) is 0 Å². The molecule has 1 aromatic carbocycles. The highest BCUT2D eigenvalue weighted by Crippen LogP contribution is 2.25. The van der Waals surface area contributed by atoms with Crippen molar-refractivity contribution in [2.45, 2.75) is 39.2 Å². The maximum absolute atomic E-state index is 10.4. The zero-order chi connectivity index (χ0) is 14.5. The molecule has 0 bridgehead atoms. The van der Waals surface area contributed by atoms with Crippen LogP contribution < -0.4 is 5.32 Å². The van der Waals surface area contributed by atoms with E-state index in [4.69, 9.17) is 23.2 Å². The van der Waals surface area contributed by atoms with E-state index in [0.717, 1.165) is 18.7 Å². The van der Waals surface area contributed by atoms with Crippen LogP contribution in [-0.4, -0.2) is 23.8 Å². The van der Waals surface area contributed by atoms with E-state index in [9.17, 15) is 5.11 Å². The fourth-order valence-corrected chi connectivity index (χ4v) is 2.30. The van der Waals surface area contributed by atoms with Gasteiger partial charge in [-0.3, -0.25) is 0 Å². The zero-order valence-electron chi connectivity index (χ0n) is 11.8. The largest absolute Gasteiger partial charge is 0.390 e. The van der Waals surface area contributed by atoms with Crippen LogP contribution in [0.3, 0.4) is 0 Å². The Morgan fingerprint density at radius 1 is 1.32 bits per heavy atom. The van der Waals surface area contributed by atoms with E-state index in [2.05, 4.69) is 19.2 Å². The molecule has 2 nitrogen and oxygen atoms in total. The van der Waals surface area contributed by atoms with Gasteiger partial charge < -0.3 is 10.4 Å². The Morgan fingerprint density at radius 3 is 2.63 bits per heavy atom. The van der Waals surface area contributed by atoms with Gasteiger partial charge in [-0.05, 0) is 56.1 Å². The van der Waals surface area contributed by atoms with Gasteiger partial charge in [0, 0.05) is 16.5 Å². The summed E-state index contributed by atoms with van der Waals surface area (Å²) in [5, 5.41) is 15.0. The normalized spacial score (nSPS) is 14.7. The minimum atomic E-state index is -0.779. The molecule has 1 unspecified atom stereocenters. The van der Waals surface area contributed by atoms with Crippen molar-refractivity contribution in [3.05, 3.63) is 33.8 Å². The molecule has 1 atom stereocenters. The van der Waals surface area contributed by atoms with Crippen LogP contribution in [0.25, 0.3) is 0 Å². The van der Waals surface area contributed by atoms with E-state index in [1.165, 1.54) is 0 Å². The average molecular weight is 304 g/mol. The summed E-state index contributed by atoms with van der Waals surface area (Å²) in [5.74, 6) is 0.618.